The van der Waals surface area contributed by atoms with Crippen molar-refractivity contribution in [3.8, 4) is 0 Å². The summed E-state index contributed by atoms with van der Waals surface area (Å²) in [6.45, 7) is 3.35. The first-order valence-corrected chi connectivity index (χ1v) is 8.66. The summed E-state index contributed by atoms with van der Waals surface area (Å²) in [6, 6.07) is 11.5. The normalized spacial score (nSPS) is 20.2. The standard InChI is InChI=1S/C19H32N2/c1-4-16-20-18(17-12-8-7-9-13-17)19(21(2)3)14-10-5-6-11-15-19/h7-9,12-13,18,20H,4-6,10-11,14-16H2,1-3H3. The molecular weight excluding hydrogens is 256 g/mol. The van der Waals surface area contributed by atoms with E-state index < -0.39 is 0 Å². The highest BCUT2D eigenvalue weighted by molar-refractivity contribution is 5.24. The molecule has 2 nitrogen and oxygen atoms in total. The second-order valence-electron chi connectivity index (χ2n) is 6.71. The van der Waals surface area contributed by atoms with Crippen LogP contribution in [0.4, 0.5) is 0 Å². The van der Waals surface area contributed by atoms with E-state index in [1.54, 1.807) is 0 Å². The molecule has 21 heavy (non-hydrogen) atoms. The predicted molar refractivity (Wildman–Crippen MR) is 91.6 cm³/mol. The Morgan fingerprint density at radius 1 is 1.05 bits per heavy atom. The Kier molecular flexibility index (Phi) is 6.25. The molecule has 0 spiro atoms. The van der Waals surface area contributed by atoms with E-state index in [2.05, 4.69) is 61.6 Å². The highest BCUT2D eigenvalue weighted by Crippen LogP contribution is 2.41. The van der Waals surface area contributed by atoms with Crippen molar-refractivity contribution in [1.29, 1.82) is 0 Å². The van der Waals surface area contributed by atoms with Crippen molar-refractivity contribution in [2.75, 3.05) is 20.6 Å². The van der Waals surface area contributed by atoms with E-state index in [1.165, 1.54) is 50.5 Å². The summed E-state index contributed by atoms with van der Waals surface area (Å²) in [5.74, 6) is 0. The van der Waals surface area contributed by atoms with Crippen LogP contribution in [0.2, 0.25) is 0 Å². The zero-order chi connectivity index (χ0) is 15.1. The summed E-state index contributed by atoms with van der Waals surface area (Å²) < 4.78 is 0. The predicted octanol–water partition coefficient (Wildman–Crippen LogP) is 4.38. The summed E-state index contributed by atoms with van der Waals surface area (Å²) in [5.41, 5.74) is 1.70. The second kappa shape index (κ2) is 7.95. The van der Waals surface area contributed by atoms with E-state index in [-0.39, 0.29) is 5.54 Å². The van der Waals surface area contributed by atoms with Gasteiger partial charge in [-0.2, -0.15) is 0 Å². The number of rotatable bonds is 6. The van der Waals surface area contributed by atoms with E-state index in [0.29, 0.717) is 6.04 Å². The molecule has 0 bridgehead atoms. The second-order valence-corrected chi connectivity index (χ2v) is 6.71. The lowest BCUT2D eigenvalue weighted by molar-refractivity contribution is 0.0799. The molecule has 1 aromatic rings. The van der Waals surface area contributed by atoms with Crippen molar-refractivity contribution in [2.45, 2.75) is 63.5 Å². The lowest BCUT2D eigenvalue weighted by Gasteiger charge is -2.46. The first kappa shape index (κ1) is 16.5. The minimum Gasteiger partial charge on any atom is -0.308 e. The molecule has 0 aromatic heterocycles. The summed E-state index contributed by atoms with van der Waals surface area (Å²) in [7, 11) is 4.55. The number of hydrogen-bond donors (Lipinski definition) is 1. The van der Waals surface area contributed by atoms with Crippen LogP contribution >= 0.6 is 0 Å². The Balaban J connectivity index is 2.34. The molecule has 2 heteroatoms. The fraction of sp³-hybridized carbons (Fsp3) is 0.684. The Bertz CT molecular complexity index is 391. The number of nitrogens with one attached hydrogen (secondary N) is 1. The molecule has 2 rings (SSSR count). The largest absolute Gasteiger partial charge is 0.308 e. The monoisotopic (exact) mass is 288 g/mol. The van der Waals surface area contributed by atoms with Gasteiger partial charge in [-0.3, -0.25) is 0 Å². The molecular formula is C19H32N2. The van der Waals surface area contributed by atoms with Gasteiger partial charge in [0.25, 0.3) is 0 Å². The van der Waals surface area contributed by atoms with Gasteiger partial charge in [0.05, 0.1) is 6.04 Å². The first-order valence-electron chi connectivity index (χ1n) is 8.66. The highest BCUT2D eigenvalue weighted by Gasteiger charge is 2.41. The van der Waals surface area contributed by atoms with Crippen molar-refractivity contribution in [1.82, 2.24) is 10.2 Å². The SMILES string of the molecule is CCCNC(c1ccccc1)C1(N(C)C)CCCCCC1. The molecule has 0 saturated heterocycles. The maximum absolute atomic E-state index is 3.86. The molecule has 0 radical (unpaired) electrons. The molecule has 1 aliphatic carbocycles. The maximum atomic E-state index is 3.86. The van der Waals surface area contributed by atoms with Gasteiger partial charge >= 0.3 is 0 Å². The molecule has 1 fully saturated rings. The average molecular weight is 288 g/mol. The van der Waals surface area contributed by atoms with Gasteiger partial charge in [-0.1, -0.05) is 62.9 Å². The van der Waals surface area contributed by atoms with E-state index >= 15 is 0 Å². The lowest BCUT2D eigenvalue weighted by atomic mass is 9.78. The zero-order valence-electron chi connectivity index (χ0n) is 14.1. The fourth-order valence-corrected chi connectivity index (χ4v) is 3.89. The third-order valence-electron chi connectivity index (χ3n) is 5.13. The van der Waals surface area contributed by atoms with E-state index in [0.717, 1.165) is 6.54 Å². The minimum absolute atomic E-state index is 0.257. The van der Waals surface area contributed by atoms with Crippen LogP contribution in [0.1, 0.15) is 63.5 Å². The number of nitrogens with zero attached hydrogens (tertiary/aromatic N) is 1. The van der Waals surface area contributed by atoms with Crippen LogP contribution in [0.15, 0.2) is 30.3 Å². The van der Waals surface area contributed by atoms with Crippen LogP contribution in [0.5, 0.6) is 0 Å². The summed E-state index contributed by atoms with van der Waals surface area (Å²) >= 11 is 0. The van der Waals surface area contributed by atoms with Gasteiger partial charge in [0.1, 0.15) is 0 Å². The van der Waals surface area contributed by atoms with Crippen molar-refractivity contribution < 1.29 is 0 Å². The molecule has 1 atom stereocenters. The van der Waals surface area contributed by atoms with Gasteiger partial charge in [-0.05, 0) is 45.5 Å². The lowest BCUT2D eigenvalue weighted by Crippen LogP contribution is -2.53. The molecule has 0 amide bonds. The van der Waals surface area contributed by atoms with Gasteiger partial charge in [0, 0.05) is 5.54 Å². The quantitative estimate of drug-likeness (QED) is 0.781. The molecule has 1 unspecified atom stereocenters. The Labute approximate surface area is 130 Å². The Morgan fingerprint density at radius 2 is 1.67 bits per heavy atom. The van der Waals surface area contributed by atoms with E-state index in [1.807, 2.05) is 0 Å². The van der Waals surface area contributed by atoms with Crippen LogP contribution in [-0.4, -0.2) is 31.1 Å². The molecule has 1 N–H and O–H groups in total. The van der Waals surface area contributed by atoms with Gasteiger partial charge in [-0.15, -0.1) is 0 Å². The molecule has 118 valence electrons. The van der Waals surface area contributed by atoms with Crippen LogP contribution < -0.4 is 5.32 Å². The molecule has 0 heterocycles. The Morgan fingerprint density at radius 3 is 2.19 bits per heavy atom. The first-order chi connectivity index (χ1) is 10.2. The highest BCUT2D eigenvalue weighted by atomic mass is 15.2. The fourth-order valence-electron chi connectivity index (χ4n) is 3.89. The number of benzene rings is 1. The van der Waals surface area contributed by atoms with Gasteiger partial charge in [-0.25, -0.2) is 0 Å². The van der Waals surface area contributed by atoms with Crippen LogP contribution in [0.3, 0.4) is 0 Å². The topological polar surface area (TPSA) is 15.3 Å². The van der Waals surface area contributed by atoms with E-state index in [9.17, 15) is 0 Å². The van der Waals surface area contributed by atoms with Gasteiger partial charge < -0.3 is 10.2 Å². The summed E-state index contributed by atoms with van der Waals surface area (Å²) in [5, 5.41) is 3.86. The minimum atomic E-state index is 0.257. The third-order valence-corrected chi connectivity index (χ3v) is 5.13. The molecule has 0 aliphatic heterocycles. The van der Waals surface area contributed by atoms with Crippen molar-refractivity contribution in [2.24, 2.45) is 0 Å². The zero-order valence-corrected chi connectivity index (χ0v) is 14.1. The van der Waals surface area contributed by atoms with Crippen LogP contribution in [0, 0.1) is 0 Å². The van der Waals surface area contributed by atoms with Crippen molar-refractivity contribution in [3.63, 3.8) is 0 Å². The van der Waals surface area contributed by atoms with Gasteiger partial charge in [0.2, 0.25) is 0 Å². The van der Waals surface area contributed by atoms with Crippen LogP contribution in [0.25, 0.3) is 0 Å². The third kappa shape index (κ3) is 3.87. The summed E-state index contributed by atoms with van der Waals surface area (Å²) in [4.78, 5) is 2.50. The maximum Gasteiger partial charge on any atom is 0.0506 e. The number of hydrogen-bond acceptors (Lipinski definition) is 2. The Hall–Kier alpha value is -0.860. The van der Waals surface area contributed by atoms with Crippen molar-refractivity contribution in [3.05, 3.63) is 35.9 Å². The summed E-state index contributed by atoms with van der Waals surface area (Å²) in [6.07, 6.45) is 9.29. The molecule has 1 aromatic carbocycles. The molecule has 1 aliphatic rings. The smallest absolute Gasteiger partial charge is 0.0506 e. The number of likely N-dealkylation sites (N-methyl/N-ethyl adjacent to an activating group) is 1. The van der Waals surface area contributed by atoms with Crippen molar-refractivity contribution >= 4 is 0 Å². The van der Waals surface area contributed by atoms with Crippen LogP contribution in [-0.2, 0) is 0 Å². The average Bonchev–Trinajstić information content (AvgIpc) is 2.76. The van der Waals surface area contributed by atoms with Gasteiger partial charge in [0.15, 0.2) is 0 Å². The van der Waals surface area contributed by atoms with E-state index in [4.69, 9.17) is 0 Å². The molecule has 1 saturated carbocycles.